The zero-order valence-electron chi connectivity index (χ0n) is 10.6. The van der Waals surface area contributed by atoms with Crippen LogP contribution in [0.25, 0.3) is 0 Å². The molecule has 0 fully saturated rings. The van der Waals surface area contributed by atoms with Crippen molar-refractivity contribution >= 4 is 27.5 Å². The van der Waals surface area contributed by atoms with Crippen LogP contribution in [0.3, 0.4) is 0 Å². The second kappa shape index (κ2) is 6.42. The molecule has 2 rings (SSSR count). The van der Waals surface area contributed by atoms with Crippen LogP contribution >= 0.6 is 27.5 Å². The Hall–Kier alpha value is -1.03. The van der Waals surface area contributed by atoms with Crippen molar-refractivity contribution in [1.82, 2.24) is 0 Å². The van der Waals surface area contributed by atoms with Gasteiger partial charge in [-0.1, -0.05) is 40.5 Å². The van der Waals surface area contributed by atoms with Crippen molar-refractivity contribution in [3.8, 4) is 11.5 Å². The summed E-state index contributed by atoms with van der Waals surface area (Å²) in [7, 11) is 0. The lowest BCUT2D eigenvalue weighted by molar-refractivity contribution is 0.475. The van der Waals surface area contributed by atoms with E-state index in [0.717, 1.165) is 38.5 Å². The van der Waals surface area contributed by atoms with E-state index in [1.165, 1.54) is 0 Å². The monoisotopic (exact) mass is 339 g/mol. The van der Waals surface area contributed by atoms with E-state index >= 15 is 0 Å². The van der Waals surface area contributed by atoms with Crippen molar-refractivity contribution in [2.45, 2.75) is 19.9 Å². The fourth-order valence-corrected chi connectivity index (χ4v) is 2.61. The van der Waals surface area contributed by atoms with Crippen molar-refractivity contribution in [2.75, 3.05) is 0 Å². The van der Waals surface area contributed by atoms with Gasteiger partial charge >= 0.3 is 0 Å². The maximum Gasteiger partial charge on any atom is 0.133 e. The summed E-state index contributed by atoms with van der Waals surface area (Å²) in [5.74, 6) is 1.54. The van der Waals surface area contributed by atoms with Gasteiger partial charge in [-0.15, -0.1) is 0 Å². The molecule has 0 unspecified atom stereocenters. The minimum absolute atomic E-state index is 0.422. The number of nitrogens with two attached hydrogens (primary N) is 1. The molecule has 2 aromatic carbocycles. The van der Waals surface area contributed by atoms with Crippen molar-refractivity contribution in [2.24, 2.45) is 5.73 Å². The number of halogens is 2. The molecule has 0 saturated heterocycles. The van der Waals surface area contributed by atoms with Gasteiger partial charge in [0, 0.05) is 21.6 Å². The van der Waals surface area contributed by atoms with Crippen LogP contribution in [0.2, 0.25) is 5.02 Å². The molecule has 0 heterocycles. The molecule has 0 atom stereocenters. The predicted octanol–water partition coefficient (Wildman–Crippen LogP) is 4.92. The number of benzene rings is 2. The lowest BCUT2D eigenvalue weighted by Crippen LogP contribution is -2.00. The highest BCUT2D eigenvalue weighted by Gasteiger charge is 2.08. The quantitative estimate of drug-likeness (QED) is 0.857. The maximum absolute atomic E-state index is 6.10. The van der Waals surface area contributed by atoms with E-state index in [1.54, 1.807) is 0 Å². The third-order valence-electron chi connectivity index (χ3n) is 2.91. The smallest absolute Gasteiger partial charge is 0.133 e. The Morgan fingerprint density at radius 2 is 2.05 bits per heavy atom. The van der Waals surface area contributed by atoms with E-state index in [1.807, 2.05) is 36.4 Å². The fraction of sp³-hybridized carbons (Fsp3) is 0.200. The summed E-state index contributed by atoms with van der Waals surface area (Å²) >= 11 is 9.58. The third-order valence-corrected chi connectivity index (χ3v) is 4.02. The highest BCUT2D eigenvalue weighted by atomic mass is 79.9. The lowest BCUT2D eigenvalue weighted by Gasteiger charge is -2.12. The molecular weight excluding hydrogens is 326 g/mol. The second-order valence-corrected chi connectivity index (χ2v) is 5.39. The van der Waals surface area contributed by atoms with Gasteiger partial charge in [-0.2, -0.15) is 0 Å². The predicted molar refractivity (Wildman–Crippen MR) is 82.9 cm³/mol. The molecule has 0 aliphatic rings. The molecular formula is C15H15BrClNO. The van der Waals surface area contributed by atoms with Crippen LogP contribution in [0.15, 0.2) is 40.9 Å². The molecule has 0 aliphatic heterocycles. The van der Waals surface area contributed by atoms with Crippen LogP contribution in [0.4, 0.5) is 0 Å². The topological polar surface area (TPSA) is 35.2 Å². The molecule has 19 heavy (non-hydrogen) atoms. The Bertz CT molecular complexity index is 586. The molecule has 0 amide bonds. The van der Waals surface area contributed by atoms with Gasteiger partial charge in [0.15, 0.2) is 0 Å². The fourth-order valence-electron chi connectivity index (χ4n) is 1.85. The molecule has 0 saturated carbocycles. The molecule has 0 radical (unpaired) electrons. The maximum atomic E-state index is 6.10. The first-order chi connectivity index (χ1) is 9.15. The van der Waals surface area contributed by atoms with Gasteiger partial charge in [0.1, 0.15) is 11.5 Å². The summed E-state index contributed by atoms with van der Waals surface area (Å²) in [4.78, 5) is 0. The molecule has 0 bridgehead atoms. The van der Waals surface area contributed by atoms with Gasteiger partial charge in [0.05, 0.1) is 0 Å². The summed E-state index contributed by atoms with van der Waals surface area (Å²) in [6.45, 7) is 2.49. The van der Waals surface area contributed by atoms with Crippen LogP contribution in [-0.2, 0) is 13.0 Å². The second-order valence-electron chi connectivity index (χ2n) is 4.13. The summed E-state index contributed by atoms with van der Waals surface area (Å²) < 4.78 is 6.87. The Kier molecular flexibility index (Phi) is 4.86. The number of hydrogen-bond donors (Lipinski definition) is 1. The molecule has 2 N–H and O–H groups in total. The Morgan fingerprint density at radius 3 is 2.74 bits per heavy atom. The molecule has 2 aromatic rings. The van der Waals surface area contributed by atoms with Crippen molar-refractivity contribution in [3.05, 3.63) is 57.0 Å². The number of ether oxygens (including phenoxy) is 1. The van der Waals surface area contributed by atoms with Gasteiger partial charge in [0.25, 0.3) is 0 Å². The van der Waals surface area contributed by atoms with Crippen LogP contribution < -0.4 is 10.5 Å². The number of aryl methyl sites for hydroxylation is 1. The first kappa shape index (κ1) is 14.4. The van der Waals surface area contributed by atoms with Gasteiger partial charge in [-0.05, 0) is 42.3 Å². The number of rotatable bonds is 4. The van der Waals surface area contributed by atoms with Crippen LogP contribution in [0, 0.1) is 0 Å². The van der Waals surface area contributed by atoms with Gasteiger partial charge in [-0.25, -0.2) is 0 Å². The molecule has 0 aliphatic carbocycles. The average molecular weight is 341 g/mol. The first-order valence-electron chi connectivity index (χ1n) is 6.09. The minimum atomic E-state index is 0.422. The van der Waals surface area contributed by atoms with Gasteiger partial charge in [-0.3, -0.25) is 0 Å². The highest BCUT2D eigenvalue weighted by Crippen LogP contribution is 2.32. The van der Waals surface area contributed by atoms with E-state index in [4.69, 9.17) is 22.1 Å². The minimum Gasteiger partial charge on any atom is -0.457 e. The van der Waals surface area contributed by atoms with E-state index in [0.29, 0.717) is 6.54 Å². The van der Waals surface area contributed by atoms with Gasteiger partial charge in [0.2, 0.25) is 0 Å². The van der Waals surface area contributed by atoms with E-state index in [-0.39, 0.29) is 0 Å². The Balaban J connectivity index is 2.33. The summed E-state index contributed by atoms with van der Waals surface area (Å²) in [5.41, 5.74) is 7.78. The molecule has 0 spiro atoms. The van der Waals surface area contributed by atoms with Crippen molar-refractivity contribution < 1.29 is 4.74 Å². The zero-order valence-corrected chi connectivity index (χ0v) is 13.0. The van der Waals surface area contributed by atoms with Crippen LogP contribution in [0.5, 0.6) is 11.5 Å². The van der Waals surface area contributed by atoms with Gasteiger partial charge < -0.3 is 10.5 Å². The average Bonchev–Trinajstić information content (AvgIpc) is 2.41. The molecule has 0 aromatic heterocycles. The SMILES string of the molecule is CCc1cc(Oc2cccc(Br)c2CN)ccc1Cl. The number of hydrogen-bond acceptors (Lipinski definition) is 2. The molecule has 4 heteroatoms. The summed E-state index contributed by atoms with van der Waals surface area (Å²) in [6.07, 6.45) is 0.873. The molecule has 100 valence electrons. The van der Waals surface area contributed by atoms with E-state index < -0.39 is 0 Å². The van der Waals surface area contributed by atoms with Crippen molar-refractivity contribution in [1.29, 1.82) is 0 Å². The summed E-state index contributed by atoms with van der Waals surface area (Å²) in [5, 5.41) is 0.767. The van der Waals surface area contributed by atoms with E-state index in [2.05, 4.69) is 22.9 Å². The first-order valence-corrected chi connectivity index (χ1v) is 7.26. The molecule has 2 nitrogen and oxygen atoms in total. The van der Waals surface area contributed by atoms with Crippen LogP contribution in [0.1, 0.15) is 18.1 Å². The van der Waals surface area contributed by atoms with E-state index in [9.17, 15) is 0 Å². The van der Waals surface area contributed by atoms with Crippen LogP contribution in [-0.4, -0.2) is 0 Å². The normalized spacial score (nSPS) is 10.5. The Labute approximate surface area is 126 Å². The lowest BCUT2D eigenvalue weighted by atomic mass is 10.1. The third kappa shape index (κ3) is 3.30. The summed E-state index contributed by atoms with van der Waals surface area (Å²) in [6, 6.07) is 11.5. The Morgan fingerprint density at radius 1 is 1.26 bits per heavy atom. The van der Waals surface area contributed by atoms with Crippen molar-refractivity contribution in [3.63, 3.8) is 0 Å². The zero-order chi connectivity index (χ0) is 13.8. The standard InChI is InChI=1S/C15H15BrClNO/c1-2-10-8-11(6-7-14(10)17)19-15-5-3-4-13(16)12(15)9-18/h3-8H,2,9,18H2,1H3. The largest absolute Gasteiger partial charge is 0.457 e. The highest BCUT2D eigenvalue weighted by molar-refractivity contribution is 9.10.